The number of benzene rings is 1. The van der Waals surface area contributed by atoms with E-state index in [1.165, 1.54) is 37.7 Å². The van der Waals surface area contributed by atoms with Crippen LogP contribution in [0.2, 0.25) is 0 Å². The van der Waals surface area contributed by atoms with Gasteiger partial charge in [-0.05, 0) is 62.4 Å². The number of aryl methyl sites for hydroxylation is 1. The van der Waals surface area contributed by atoms with Gasteiger partial charge in [-0.25, -0.2) is 4.39 Å². The molecule has 1 fully saturated rings. The van der Waals surface area contributed by atoms with Crippen molar-refractivity contribution >= 4 is 0 Å². The minimum absolute atomic E-state index is 0.123. The highest BCUT2D eigenvalue weighted by Crippen LogP contribution is 2.27. The van der Waals surface area contributed by atoms with Crippen LogP contribution in [-0.4, -0.2) is 13.1 Å². The summed E-state index contributed by atoms with van der Waals surface area (Å²) in [5, 5.41) is 3.47. The molecule has 1 saturated carbocycles. The summed E-state index contributed by atoms with van der Waals surface area (Å²) in [6.07, 6.45) is 7.69. The van der Waals surface area contributed by atoms with Crippen molar-refractivity contribution in [2.24, 2.45) is 5.92 Å². The summed E-state index contributed by atoms with van der Waals surface area (Å²) in [5.41, 5.74) is 2.40. The normalized spacial score (nSPS) is 24.8. The average Bonchev–Trinajstić information content (AvgIpc) is 2.57. The van der Waals surface area contributed by atoms with E-state index in [2.05, 4.69) is 12.4 Å². The summed E-state index contributed by atoms with van der Waals surface area (Å²) < 4.78 is 13.1. The zero-order valence-electron chi connectivity index (χ0n) is 11.5. The highest BCUT2D eigenvalue weighted by Gasteiger charge is 2.22. The van der Waals surface area contributed by atoms with Gasteiger partial charge in [-0.1, -0.05) is 25.3 Å². The Kier molecular flexibility index (Phi) is 4.76. The molecule has 0 aromatic heterocycles. The van der Waals surface area contributed by atoms with Crippen LogP contribution in [0.25, 0.3) is 0 Å². The van der Waals surface area contributed by atoms with Crippen molar-refractivity contribution in [3.05, 3.63) is 35.1 Å². The molecule has 0 radical (unpaired) electrons. The number of halogens is 1. The van der Waals surface area contributed by atoms with Gasteiger partial charge in [0, 0.05) is 6.04 Å². The van der Waals surface area contributed by atoms with Crippen LogP contribution >= 0.6 is 0 Å². The Labute approximate surface area is 110 Å². The molecule has 0 amide bonds. The molecule has 2 unspecified atom stereocenters. The standard InChI is InChI=1S/C16H24FN/c1-12-10-15(17)9-8-13(12)11-14-6-4-3-5-7-16(14)18-2/h8-10,14,16,18H,3-7,11H2,1-2H3. The van der Waals surface area contributed by atoms with Crippen molar-refractivity contribution in [2.75, 3.05) is 7.05 Å². The Bertz CT molecular complexity index is 389. The van der Waals surface area contributed by atoms with Crippen LogP contribution in [-0.2, 0) is 6.42 Å². The first-order chi connectivity index (χ1) is 8.70. The van der Waals surface area contributed by atoms with Gasteiger partial charge in [0.15, 0.2) is 0 Å². The molecule has 1 aromatic rings. The number of hydrogen-bond acceptors (Lipinski definition) is 1. The van der Waals surface area contributed by atoms with Crippen molar-refractivity contribution in [3.8, 4) is 0 Å². The maximum Gasteiger partial charge on any atom is 0.123 e. The van der Waals surface area contributed by atoms with E-state index in [0.29, 0.717) is 12.0 Å². The second-order valence-electron chi connectivity index (χ2n) is 5.57. The predicted molar refractivity (Wildman–Crippen MR) is 74.3 cm³/mol. The van der Waals surface area contributed by atoms with E-state index in [1.54, 1.807) is 12.1 Å². The molecule has 18 heavy (non-hydrogen) atoms. The lowest BCUT2D eigenvalue weighted by Crippen LogP contribution is -2.34. The SMILES string of the molecule is CNC1CCCCCC1Cc1ccc(F)cc1C. The first kappa shape index (κ1) is 13.5. The van der Waals surface area contributed by atoms with E-state index in [9.17, 15) is 4.39 Å². The Hall–Kier alpha value is -0.890. The topological polar surface area (TPSA) is 12.0 Å². The van der Waals surface area contributed by atoms with Crippen LogP contribution < -0.4 is 5.32 Å². The van der Waals surface area contributed by atoms with Crippen molar-refractivity contribution in [2.45, 2.75) is 51.5 Å². The molecule has 0 heterocycles. The van der Waals surface area contributed by atoms with Gasteiger partial charge in [0.25, 0.3) is 0 Å². The van der Waals surface area contributed by atoms with Gasteiger partial charge in [-0.3, -0.25) is 0 Å². The monoisotopic (exact) mass is 249 g/mol. The zero-order valence-corrected chi connectivity index (χ0v) is 11.5. The van der Waals surface area contributed by atoms with E-state index in [0.717, 1.165) is 12.0 Å². The van der Waals surface area contributed by atoms with Crippen LogP contribution in [0.3, 0.4) is 0 Å². The van der Waals surface area contributed by atoms with E-state index < -0.39 is 0 Å². The maximum atomic E-state index is 13.1. The Morgan fingerprint density at radius 2 is 2.00 bits per heavy atom. The minimum atomic E-state index is -0.123. The molecule has 1 aliphatic carbocycles. The first-order valence-electron chi connectivity index (χ1n) is 7.13. The molecule has 1 aliphatic rings. The molecule has 2 heteroatoms. The minimum Gasteiger partial charge on any atom is -0.317 e. The largest absolute Gasteiger partial charge is 0.317 e. The lowest BCUT2D eigenvalue weighted by molar-refractivity contribution is 0.349. The summed E-state index contributed by atoms with van der Waals surface area (Å²) >= 11 is 0. The molecule has 0 saturated heterocycles. The zero-order chi connectivity index (χ0) is 13.0. The second-order valence-corrected chi connectivity index (χ2v) is 5.57. The third-order valence-corrected chi connectivity index (χ3v) is 4.32. The van der Waals surface area contributed by atoms with Crippen molar-refractivity contribution in [1.29, 1.82) is 0 Å². The first-order valence-corrected chi connectivity index (χ1v) is 7.13. The molecule has 0 aliphatic heterocycles. The maximum absolute atomic E-state index is 13.1. The fraction of sp³-hybridized carbons (Fsp3) is 0.625. The van der Waals surface area contributed by atoms with Crippen LogP contribution in [0.1, 0.15) is 43.2 Å². The molecular weight excluding hydrogens is 225 g/mol. The Morgan fingerprint density at radius 3 is 2.72 bits per heavy atom. The van der Waals surface area contributed by atoms with E-state index in [4.69, 9.17) is 0 Å². The van der Waals surface area contributed by atoms with E-state index in [1.807, 2.05) is 13.0 Å². The molecule has 0 bridgehead atoms. The van der Waals surface area contributed by atoms with Gasteiger partial charge in [-0.15, -0.1) is 0 Å². The third kappa shape index (κ3) is 3.32. The molecular formula is C16H24FN. The molecule has 2 atom stereocenters. The predicted octanol–water partition coefficient (Wildman–Crippen LogP) is 3.84. The molecule has 1 nitrogen and oxygen atoms in total. The molecule has 100 valence electrons. The smallest absolute Gasteiger partial charge is 0.123 e. The van der Waals surface area contributed by atoms with Gasteiger partial charge >= 0.3 is 0 Å². The fourth-order valence-electron chi connectivity index (χ4n) is 3.18. The van der Waals surface area contributed by atoms with Gasteiger partial charge in [0.2, 0.25) is 0 Å². The van der Waals surface area contributed by atoms with Crippen LogP contribution in [0, 0.1) is 18.7 Å². The Morgan fingerprint density at radius 1 is 1.22 bits per heavy atom. The van der Waals surface area contributed by atoms with Gasteiger partial charge < -0.3 is 5.32 Å². The summed E-state index contributed by atoms with van der Waals surface area (Å²) in [5.74, 6) is 0.573. The highest BCUT2D eigenvalue weighted by atomic mass is 19.1. The van der Waals surface area contributed by atoms with Crippen LogP contribution in [0.5, 0.6) is 0 Å². The fourth-order valence-corrected chi connectivity index (χ4v) is 3.18. The van der Waals surface area contributed by atoms with Crippen LogP contribution in [0.15, 0.2) is 18.2 Å². The molecule has 1 aromatic carbocycles. The summed E-state index contributed by atoms with van der Waals surface area (Å²) in [7, 11) is 2.07. The molecule has 2 rings (SSSR count). The van der Waals surface area contributed by atoms with Gasteiger partial charge in [-0.2, -0.15) is 0 Å². The summed E-state index contributed by atoms with van der Waals surface area (Å²) in [4.78, 5) is 0. The van der Waals surface area contributed by atoms with Crippen molar-refractivity contribution in [3.63, 3.8) is 0 Å². The quantitative estimate of drug-likeness (QED) is 0.802. The number of nitrogens with one attached hydrogen (secondary N) is 1. The lowest BCUT2D eigenvalue weighted by Gasteiger charge is -2.25. The lowest BCUT2D eigenvalue weighted by atomic mass is 9.87. The number of rotatable bonds is 3. The van der Waals surface area contributed by atoms with Gasteiger partial charge in [0.05, 0.1) is 0 Å². The average molecular weight is 249 g/mol. The van der Waals surface area contributed by atoms with E-state index in [-0.39, 0.29) is 5.82 Å². The highest BCUT2D eigenvalue weighted by molar-refractivity contribution is 5.27. The van der Waals surface area contributed by atoms with Gasteiger partial charge in [0.1, 0.15) is 5.82 Å². The molecule has 1 N–H and O–H groups in total. The van der Waals surface area contributed by atoms with Crippen molar-refractivity contribution < 1.29 is 4.39 Å². The summed E-state index contributed by atoms with van der Waals surface area (Å²) in [6, 6.07) is 5.83. The Balaban J connectivity index is 2.10. The number of hydrogen-bond donors (Lipinski definition) is 1. The van der Waals surface area contributed by atoms with Crippen LogP contribution in [0.4, 0.5) is 4.39 Å². The van der Waals surface area contributed by atoms with E-state index >= 15 is 0 Å². The van der Waals surface area contributed by atoms with Crippen molar-refractivity contribution in [1.82, 2.24) is 5.32 Å². The third-order valence-electron chi connectivity index (χ3n) is 4.32. The molecule has 0 spiro atoms. The second kappa shape index (κ2) is 6.33. The summed E-state index contributed by atoms with van der Waals surface area (Å²) in [6.45, 7) is 2.02.